The van der Waals surface area contributed by atoms with Crippen LogP contribution in [-0.4, -0.2) is 42.2 Å². The Morgan fingerprint density at radius 1 is 0.508 bits per heavy atom. The summed E-state index contributed by atoms with van der Waals surface area (Å²) in [4.78, 5) is 44.4. The fourth-order valence-electron chi connectivity index (χ4n) is 5.28. The number of carboxylic acid groups (broad SMARTS) is 1. The number of aliphatic carboxylic acids is 1. The molecule has 5 aromatic rings. The molecule has 0 aliphatic heterocycles. The van der Waals surface area contributed by atoms with Gasteiger partial charge in [0.15, 0.2) is 0 Å². The molecule has 0 bridgehead atoms. The number of carbonyl (C=O) groups excluding carboxylic acids is 3. The number of ether oxygens (including phenoxy) is 3. The van der Waals surface area contributed by atoms with Crippen molar-refractivity contribution in [1.82, 2.24) is 0 Å². The van der Waals surface area contributed by atoms with E-state index in [1.807, 2.05) is 134 Å². The third-order valence-electron chi connectivity index (χ3n) is 8.29. The van der Waals surface area contributed by atoms with E-state index in [1.54, 1.807) is 24.3 Å². The lowest BCUT2D eigenvalue weighted by Gasteiger charge is -2.05. The zero-order valence-electron chi connectivity index (χ0n) is 35.5. The van der Waals surface area contributed by atoms with Crippen LogP contribution in [0.2, 0.25) is 0 Å². The molecule has 0 fully saturated rings. The van der Waals surface area contributed by atoms with Gasteiger partial charge in [-0.15, -0.1) is 0 Å². The van der Waals surface area contributed by atoms with E-state index >= 15 is 0 Å². The standard InChI is InChI=1S/C18H24O2.C16H16O2.C10H12O2.C8H8O2.CH4/c1-15(2)9-7-10-16(3)11-8-14-18(19)20-17-12-5-4-6-13-17;17-16(13-15-9-5-2-6-10-15)18-12-11-14-7-3-1-4-8-14;1-2-12-10(11)8-9-6-4-3-5-7-9;9-8(10)6-7-4-2-1-3-5-7;/h4-6,9,11-13H,7-8,10,14H2,1-3H3;1-10H,11-13H2;3-7H,2,8H2,1H3;1-5H,6H2,(H,9,10);1H4/b16-11+;;;;. The van der Waals surface area contributed by atoms with Gasteiger partial charge in [-0.1, -0.05) is 170 Å². The van der Waals surface area contributed by atoms with E-state index in [1.165, 1.54) is 16.7 Å². The Labute approximate surface area is 363 Å². The minimum atomic E-state index is -0.786. The van der Waals surface area contributed by atoms with Crippen LogP contribution in [0.1, 0.15) is 83.1 Å². The molecule has 0 aliphatic carbocycles. The number of hydrogen-bond acceptors (Lipinski definition) is 7. The number of esters is 3. The Bertz CT molecular complexity index is 1970. The van der Waals surface area contributed by atoms with Crippen LogP contribution in [0.25, 0.3) is 0 Å². The topological polar surface area (TPSA) is 116 Å². The smallest absolute Gasteiger partial charge is 0.311 e. The summed E-state index contributed by atoms with van der Waals surface area (Å²) in [5.74, 6) is -0.682. The Morgan fingerprint density at radius 3 is 1.36 bits per heavy atom. The highest BCUT2D eigenvalue weighted by atomic mass is 16.5. The van der Waals surface area contributed by atoms with Crippen molar-refractivity contribution >= 4 is 23.9 Å². The molecule has 0 radical (unpaired) electrons. The number of benzene rings is 5. The van der Waals surface area contributed by atoms with Gasteiger partial charge in [-0.2, -0.15) is 0 Å². The van der Waals surface area contributed by atoms with Crippen LogP contribution in [0.5, 0.6) is 5.75 Å². The number of carboxylic acids is 1. The minimum absolute atomic E-state index is 0. The molecule has 8 nitrogen and oxygen atoms in total. The molecule has 0 atom stereocenters. The fraction of sp³-hybridized carbons (Fsp3) is 0.283. The maximum atomic E-state index is 11.6. The predicted molar refractivity (Wildman–Crippen MR) is 246 cm³/mol. The molecule has 61 heavy (non-hydrogen) atoms. The highest BCUT2D eigenvalue weighted by Gasteiger charge is 2.05. The van der Waals surface area contributed by atoms with Crippen LogP contribution in [0.3, 0.4) is 0 Å². The average molecular weight is 829 g/mol. The molecule has 0 heterocycles. The molecule has 5 aromatic carbocycles. The first-order chi connectivity index (χ1) is 29.0. The second-order valence-corrected chi connectivity index (χ2v) is 13.8. The molecule has 1 N–H and O–H groups in total. The van der Waals surface area contributed by atoms with Gasteiger partial charge in [-0.05, 0) is 81.3 Å². The summed E-state index contributed by atoms with van der Waals surface area (Å²) < 4.78 is 15.2. The van der Waals surface area contributed by atoms with Crippen molar-refractivity contribution in [3.63, 3.8) is 0 Å². The summed E-state index contributed by atoms with van der Waals surface area (Å²) in [6.07, 6.45) is 9.25. The van der Waals surface area contributed by atoms with Crippen LogP contribution in [-0.2, 0) is 54.3 Å². The van der Waals surface area contributed by atoms with E-state index in [4.69, 9.17) is 19.3 Å². The van der Waals surface area contributed by atoms with Gasteiger partial charge in [0.05, 0.1) is 32.5 Å². The van der Waals surface area contributed by atoms with E-state index in [0.29, 0.717) is 38.2 Å². The maximum absolute atomic E-state index is 11.6. The largest absolute Gasteiger partial charge is 0.481 e. The van der Waals surface area contributed by atoms with E-state index in [-0.39, 0.29) is 31.8 Å². The summed E-state index contributed by atoms with van der Waals surface area (Å²) in [6, 6.07) is 47.6. The van der Waals surface area contributed by atoms with E-state index in [2.05, 4.69) is 32.9 Å². The Morgan fingerprint density at radius 2 is 0.918 bits per heavy atom. The molecule has 0 unspecified atom stereocenters. The lowest BCUT2D eigenvalue weighted by molar-refractivity contribution is -0.143. The number of rotatable bonds is 17. The third kappa shape index (κ3) is 28.5. The molecule has 0 saturated heterocycles. The zero-order chi connectivity index (χ0) is 43.6. The summed E-state index contributed by atoms with van der Waals surface area (Å²) >= 11 is 0. The van der Waals surface area contributed by atoms with Crippen molar-refractivity contribution < 1.29 is 38.5 Å². The number of allylic oxidation sites excluding steroid dienone is 4. The quantitative estimate of drug-likeness (QED) is 0.0559. The van der Waals surface area contributed by atoms with Crippen molar-refractivity contribution in [2.75, 3.05) is 13.2 Å². The minimum Gasteiger partial charge on any atom is -0.481 e. The van der Waals surface area contributed by atoms with Gasteiger partial charge in [-0.3, -0.25) is 19.2 Å². The molecule has 324 valence electrons. The van der Waals surface area contributed by atoms with Gasteiger partial charge in [0.1, 0.15) is 5.75 Å². The van der Waals surface area contributed by atoms with Crippen molar-refractivity contribution in [2.24, 2.45) is 0 Å². The van der Waals surface area contributed by atoms with Crippen molar-refractivity contribution in [3.8, 4) is 5.75 Å². The van der Waals surface area contributed by atoms with Gasteiger partial charge in [-0.25, -0.2) is 0 Å². The van der Waals surface area contributed by atoms with Crippen LogP contribution in [0.4, 0.5) is 0 Å². The number of carbonyl (C=O) groups is 4. The number of hydrogen-bond donors (Lipinski definition) is 1. The number of para-hydroxylation sites is 1. The molecule has 0 aliphatic rings. The predicted octanol–water partition coefficient (Wildman–Crippen LogP) is 11.8. The second-order valence-electron chi connectivity index (χ2n) is 13.8. The zero-order valence-corrected chi connectivity index (χ0v) is 35.5. The van der Waals surface area contributed by atoms with E-state index in [0.717, 1.165) is 42.4 Å². The molecule has 0 amide bonds. The third-order valence-corrected chi connectivity index (χ3v) is 8.29. The highest BCUT2D eigenvalue weighted by molar-refractivity contribution is 5.73. The first-order valence-corrected chi connectivity index (χ1v) is 20.3. The molecule has 0 saturated carbocycles. The Hall–Kier alpha value is -6.54. The van der Waals surface area contributed by atoms with Crippen LogP contribution < -0.4 is 4.74 Å². The molecule has 0 spiro atoms. The summed E-state index contributed by atoms with van der Waals surface area (Å²) in [6.45, 7) is 9.03. The summed E-state index contributed by atoms with van der Waals surface area (Å²) in [7, 11) is 0. The van der Waals surface area contributed by atoms with E-state index in [9.17, 15) is 19.2 Å². The van der Waals surface area contributed by atoms with Gasteiger partial charge in [0.25, 0.3) is 0 Å². The van der Waals surface area contributed by atoms with Gasteiger partial charge < -0.3 is 19.3 Å². The van der Waals surface area contributed by atoms with Gasteiger partial charge in [0, 0.05) is 12.8 Å². The summed E-state index contributed by atoms with van der Waals surface area (Å²) in [5, 5.41) is 8.37. The molecular weight excluding hydrogens is 765 g/mol. The van der Waals surface area contributed by atoms with Crippen molar-refractivity contribution in [1.29, 1.82) is 0 Å². The Balaban J connectivity index is 0.000000418. The molecule has 8 heteroatoms. The van der Waals surface area contributed by atoms with Crippen molar-refractivity contribution in [3.05, 3.63) is 197 Å². The van der Waals surface area contributed by atoms with Crippen LogP contribution >= 0.6 is 0 Å². The SMILES string of the molecule is C.CC(C)=CCC/C(C)=C/CCC(=O)Oc1ccccc1.CCOC(=O)Cc1ccccc1.O=C(Cc1ccccc1)OCCc1ccccc1.O=C(O)Cc1ccccc1. The Kier molecular flexibility index (Phi) is 28.7. The molecule has 5 rings (SSSR count). The van der Waals surface area contributed by atoms with Gasteiger partial charge >= 0.3 is 23.9 Å². The van der Waals surface area contributed by atoms with Crippen LogP contribution in [0.15, 0.2) is 175 Å². The molecule has 0 aromatic heterocycles. The highest BCUT2D eigenvalue weighted by Crippen LogP contribution is 2.12. The van der Waals surface area contributed by atoms with Gasteiger partial charge in [0.2, 0.25) is 0 Å². The maximum Gasteiger partial charge on any atom is 0.311 e. The molecular formula is C53H64O8. The van der Waals surface area contributed by atoms with Crippen LogP contribution in [0, 0.1) is 0 Å². The normalized spacial score (nSPS) is 9.93. The van der Waals surface area contributed by atoms with E-state index < -0.39 is 5.97 Å². The lowest BCUT2D eigenvalue weighted by atomic mass is 10.1. The lowest BCUT2D eigenvalue weighted by Crippen LogP contribution is -2.10. The second kappa shape index (κ2) is 33.3. The van der Waals surface area contributed by atoms with Crippen molar-refractivity contribution in [2.45, 2.75) is 86.5 Å². The summed E-state index contributed by atoms with van der Waals surface area (Å²) in [5.41, 5.74) is 6.69. The first kappa shape index (κ1) is 52.5. The fourth-order valence-corrected chi connectivity index (χ4v) is 5.28. The average Bonchev–Trinajstić information content (AvgIpc) is 3.23. The first-order valence-electron chi connectivity index (χ1n) is 20.3. The monoisotopic (exact) mass is 828 g/mol.